The molecule has 0 spiro atoms. The van der Waals surface area contributed by atoms with Crippen LogP contribution in [0.1, 0.15) is 30.4 Å². The van der Waals surface area contributed by atoms with Crippen molar-refractivity contribution in [2.75, 3.05) is 26.2 Å². The molecule has 1 aromatic carbocycles. The molecule has 5 nitrogen and oxygen atoms in total. The monoisotopic (exact) mass is 301 g/mol. The molecule has 0 unspecified atom stereocenters. The molecule has 1 saturated heterocycles. The van der Waals surface area contributed by atoms with Crippen molar-refractivity contribution in [2.45, 2.75) is 25.8 Å². The highest BCUT2D eigenvalue weighted by Gasteiger charge is 2.24. The third-order valence-electron chi connectivity index (χ3n) is 4.47. The van der Waals surface area contributed by atoms with Gasteiger partial charge < -0.3 is 10.4 Å². The van der Waals surface area contributed by atoms with Crippen LogP contribution in [0.15, 0.2) is 29.3 Å². The summed E-state index contributed by atoms with van der Waals surface area (Å²) in [6.07, 6.45) is 2.62. The van der Waals surface area contributed by atoms with E-state index in [1.807, 2.05) is 0 Å². The molecule has 22 heavy (non-hydrogen) atoms. The fourth-order valence-electron chi connectivity index (χ4n) is 3.09. The zero-order valence-corrected chi connectivity index (χ0v) is 12.8. The second-order valence-corrected chi connectivity index (χ2v) is 6.10. The number of rotatable bonds is 4. The van der Waals surface area contributed by atoms with Gasteiger partial charge in [0.1, 0.15) is 5.84 Å². The summed E-state index contributed by atoms with van der Waals surface area (Å²) in [5.74, 6) is 0.193. The van der Waals surface area contributed by atoms with Crippen LogP contribution in [0.25, 0.3) is 0 Å². The summed E-state index contributed by atoms with van der Waals surface area (Å²) >= 11 is 0. The molecule has 0 amide bonds. The van der Waals surface area contributed by atoms with Gasteiger partial charge in [0.2, 0.25) is 0 Å². The Morgan fingerprint density at radius 3 is 2.59 bits per heavy atom. The van der Waals surface area contributed by atoms with Crippen LogP contribution < -0.4 is 5.32 Å². The molecule has 1 aromatic rings. The third kappa shape index (κ3) is 3.65. The number of likely N-dealkylation sites (tertiary alicyclic amines) is 1. The number of amidine groups is 1. The number of piperidine rings is 1. The SMILES string of the molecule is O=C(O)C1CCN(Cc2ccc(C3=NCCCN3)cc2)CC1. The van der Waals surface area contributed by atoms with Crippen LogP contribution in [-0.4, -0.2) is 48.0 Å². The Kier molecular flexibility index (Phi) is 4.73. The molecule has 0 atom stereocenters. The predicted octanol–water partition coefficient (Wildman–Crippen LogP) is 1.72. The average molecular weight is 301 g/mol. The van der Waals surface area contributed by atoms with Gasteiger partial charge in [-0.15, -0.1) is 0 Å². The van der Waals surface area contributed by atoms with Gasteiger partial charge in [0.05, 0.1) is 5.92 Å². The number of carboxylic acid groups (broad SMARTS) is 1. The van der Waals surface area contributed by atoms with Gasteiger partial charge in [0.25, 0.3) is 0 Å². The summed E-state index contributed by atoms with van der Waals surface area (Å²) in [7, 11) is 0. The molecule has 118 valence electrons. The topological polar surface area (TPSA) is 64.9 Å². The summed E-state index contributed by atoms with van der Waals surface area (Å²) in [5, 5.41) is 12.4. The van der Waals surface area contributed by atoms with Crippen LogP contribution in [-0.2, 0) is 11.3 Å². The van der Waals surface area contributed by atoms with Crippen molar-refractivity contribution in [2.24, 2.45) is 10.9 Å². The molecule has 0 saturated carbocycles. The van der Waals surface area contributed by atoms with Crippen LogP contribution in [0.2, 0.25) is 0 Å². The Morgan fingerprint density at radius 2 is 2.00 bits per heavy atom. The molecular formula is C17H23N3O2. The van der Waals surface area contributed by atoms with Gasteiger partial charge in [0.15, 0.2) is 0 Å². The minimum absolute atomic E-state index is 0.158. The second-order valence-electron chi connectivity index (χ2n) is 6.10. The van der Waals surface area contributed by atoms with E-state index < -0.39 is 5.97 Å². The quantitative estimate of drug-likeness (QED) is 0.889. The van der Waals surface area contributed by atoms with E-state index in [1.54, 1.807) is 0 Å². The summed E-state index contributed by atoms with van der Waals surface area (Å²) in [5.41, 5.74) is 2.42. The minimum atomic E-state index is -0.648. The van der Waals surface area contributed by atoms with E-state index in [-0.39, 0.29) is 5.92 Å². The number of nitrogens with one attached hydrogen (secondary N) is 1. The Balaban J connectivity index is 1.55. The highest BCUT2D eigenvalue weighted by Crippen LogP contribution is 2.19. The summed E-state index contributed by atoms with van der Waals surface area (Å²) < 4.78 is 0. The van der Waals surface area contributed by atoms with Gasteiger partial charge in [-0.1, -0.05) is 24.3 Å². The average Bonchev–Trinajstić information content (AvgIpc) is 2.57. The standard InChI is InChI=1S/C17H23N3O2/c21-17(22)15-6-10-20(11-7-15)12-13-2-4-14(5-3-13)16-18-8-1-9-19-16/h2-5,15H,1,6-12H2,(H,18,19)(H,21,22). The molecule has 0 aromatic heterocycles. The van der Waals surface area contributed by atoms with Crippen molar-refractivity contribution in [3.63, 3.8) is 0 Å². The highest BCUT2D eigenvalue weighted by atomic mass is 16.4. The fourth-order valence-corrected chi connectivity index (χ4v) is 3.09. The van der Waals surface area contributed by atoms with E-state index in [9.17, 15) is 4.79 Å². The number of hydrogen-bond donors (Lipinski definition) is 2. The normalized spacial score (nSPS) is 20.3. The van der Waals surface area contributed by atoms with Crippen molar-refractivity contribution < 1.29 is 9.90 Å². The van der Waals surface area contributed by atoms with Gasteiger partial charge in [-0.25, -0.2) is 0 Å². The number of nitrogens with zero attached hydrogens (tertiary/aromatic N) is 2. The Bertz CT molecular complexity index is 546. The van der Waals surface area contributed by atoms with Gasteiger partial charge in [-0.2, -0.15) is 0 Å². The van der Waals surface area contributed by atoms with Crippen LogP contribution in [0.4, 0.5) is 0 Å². The maximum Gasteiger partial charge on any atom is 0.306 e. The lowest BCUT2D eigenvalue weighted by molar-refractivity contribution is -0.143. The van der Waals surface area contributed by atoms with Crippen LogP contribution in [0.3, 0.4) is 0 Å². The smallest absolute Gasteiger partial charge is 0.306 e. The first-order valence-electron chi connectivity index (χ1n) is 8.05. The minimum Gasteiger partial charge on any atom is -0.481 e. The molecule has 2 aliphatic rings. The number of benzene rings is 1. The first-order valence-corrected chi connectivity index (χ1v) is 8.05. The van der Waals surface area contributed by atoms with Crippen molar-refractivity contribution >= 4 is 11.8 Å². The van der Waals surface area contributed by atoms with E-state index in [4.69, 9.17) is 5.11 Å². The Hall–Kier alpha value is -1.88. The molecule has 2 heterocycles. The summed E-state index contributed by atoms with van der Waals surface area (Å²) in [6, 6.07) is 8.54. The van der Waals surface area contributed by atoms with Gasteiger partial charge in [-0.05, 0) is 37.9 Å². The van der Waals surface area contributed by atoms with E-state index in [0.29, 0.717) is 0 Å². The largest absolute Gasteiger partial charge is 0.481 e. The fraction of sp³-hybridized carbons (Fsp3) is 0.529. The Morgan fingerprint density at radius 1 is 1.27 bits per heavy atom. The van der Waals surface area contributed by atoms with E-state index in [2.05, 4.69) is 39.5 Å². The van der Waals surface area contributed by atoms with Crippen molar-refractivity contribution in [1.29, 1.82) is 0 Å². The lowest BCUT2D eigenvalue weighted by atomic mass is 9.97. The van der Waals surface area contributed by atoms with Crippen molar-refractivity contribution in [1.82, 2.24) is 10.2 Å². The number of aliphatic imine (C=N–C) groups is 1. The number of aliphatic carboxylic acids is 1. The first kappa shape index (κ1) is 15.0. The molecule has 1 fully saturated rings. The lowest BCUT2D eigenvalue weighted by Gasteiger charge is -2.30. The maximum absolute atomic E-state index is 11.0. The maximum atomic E-state index is 11.0. The van der Waals surface area contributed by atoms with Gasteiger partial charge >= 0.3 is 5.97 Å². The lowest BCUT2D eigenvalue weighted by Crippen LogP contribution is -2.35. The molecule has 5 heteroatoms. The zero-order valence-electron chi connectivity index (χ0n) is 12.8. The molecular weight excluding hydrogens is 278 g/mol. The number of hydrogen-bond acceptors (Lipinski definition) is 4. The van der Waals surface area contributed by atoms with E-state index >= 15 is 0 Å². The summed E-state index contributed by atoms with van der Waals surface area (Å²) in [6.45, 7) is 4.54. The van der Waals surface area contributed by atoms with Gasteiger partial charge in [-0.3, -0.25) is 14.7 Å². The van der Waals surface area contributed by atoms with Crippen LogP contribution in [0, 0.1) is 5.92 Å². The summed E-state index contributed by atoms with van der Waals surface area (Å²) in [4.78, 5) is 17.8. The number of carbonyl (C=O) groups is 1. The van der Waals surface area contributed by atoms with Crippen LogP contribution in [0.5, 0.6) is 0 Å². The highest BCUT2D eigenvalue weighted by molar-refractivity contribution is 5.99. The van der Waals surface area contributed by atoms with Crippen molar-refractivity contribution in [3.8, 4) is 0 Å². The molecule has 3 rings (SSSR count). The predicted molar refractivity (Wildman–Crippen MR) is 86.1 cm³/mol. The zero-order chi connectivity index (χ0) is 15.4. The molecule has 2 N–H and O–H groups in total. The second kappa shape index (κ2) is 6.92. The number of carboxylic acids is 1. The first-order chi connectivity index (χ1) is 10.7. The van der Waals surface area contributed by atoms with Crippen LogP contribution >= 0.6 is 0 Å². The third-order valence-corrected chi connectivity index (χ3v) is 4.47. The molecule has 2 aliphatic heterocycles. The van der Waals surface area contributed by atoms with Crippen molar-refractivity contribution in [3.05, 3.63) is 35.4 Å². The Labute approximate surface area is 131 Å². The molecule has 0 aliphatic carbocycles. The molecule has 0 radical (unpaired) electrons. The van der Waals surface area contributed by atoms with E-state index in [1.165, 1.54) is 5.56 Å². The molecule has 0 bridgehead atoms. The van der Waals surface area contributed by atoms with E-state index in [0.717, 1.165) is 63.4 Å². The van der Waals surface area contributed by atoms with Gasteiger partial charge in [0, 0.05) is 25.2 Å².